The average molecular weight is 459 g/mol. The molecule has 2 heterocycles. The minimum atomic E-state index is -0.586. The van der Waals surface area contributed by atoms with Crippen LogP contribution in [0.3, 0.4) is 0 Å². The third-order valence-electron chi connectivity index (χ3n) is 6.01. The number of methoxy groups -OCH3 is 1. The van der Waals surface area contributed by atoms with E-state index in [0.29, 0.717) is 43.3 Å². The van der Waals surface area contributed by atoms with Crippen LogP contribution in [-0.2, 0) is 11.3 Å². The van der Waals surface area contributed by atoms with Crippen LogP contribution in [0.5, 0.6) is 5.75 Å². The van der Waals surface area contributed by atoms with Gasteiger partial charge in [0.2, 0.25) is 5.78 Å². The van der Waals surface area contributed by atoms with E-state index in [1.54, 1.807) is 31.4 Å². The number of β-amino-alcohol motifs (C(OH)–C–C–N with tert-alkyl or cyclic N) is 1. The number of aliphatic hydroxyl groups excluding tert-OH is 1. The molecule has 0 amide bonds. The summed E-state index contributed by atoms with van der Waals surface area (Å²) in [4.78, 5) is 15.8. The van der Waals surface area contributed by atoms with Crippen LogP contribution in [0.25, 0.3) is 10.9 Å². The second kappa shape index (κ2) is 10.5. The summed E-state index contributed by atoms with van der Waals surface area (Å²) >= 11 is 0. The first kappa shape index (κ1) is 24.3. The zero-order chi connectivity index (χ0) is 22.0. The molecule has 1 atom stereocenters. The number of benzene rings is 2. The number of hydrogen-bond donors (Lipinski definition) is 1. The van der Waals surface area contributed by atoms with Crippen LogP contribution >= 0.6 is 12.4 Å². The van der Waals surface area contributed by atoms with Crippen molar-refractivity contribution in [1.29, 1.82) is 0 Å². The van der Waals surface area contributed by atoms with E-state index in [1.807, 2.05) is 23.6 Å². The number of ether oxygens (including phenoxy) is 2. The summed E-state index contributed by atoms with van der Waals surface area (Å²) in [5.41, 5.74) is 4.29. The van der Waals surface area contributed by atoms with Gasteiger partial charge in [-0.1, -0.05) is 11.6 Å². The van der Waals surface area contributed by atoms with Crippen molar-refractivity contribution in [3.8, 4) is 5.75 Å². The van der Waals surface area contributed by atoms with E-state index in [0.717, 1.165) is 35.1 Å². The Morgan fingerprint density at radius 2 is 1.78 bits per heavy atom. The largest absolute Gasteiger partial charge is 0.497 e. The number of ketones is 1. The van der Waals surface area contributed by atoms with E-state index in [4.69, 9.17) is 9.47 Å². The zero-order valence-corrected chi connectivity index (χ0v) is 19.7. The normalized spacial score (nSPS) is 15.4. The Hall–Kier alpha value is -2.38. The monoisotopic (exact) mass is 458 g/mol. The van der Waals surface area contributed by atoms with Crippen molar-refractivity contribution in [2.45, 2.75) is 26.5 Å². The number of aryl methyl sites for hydroxylation is 2. The van der Waals surface area contributed by atoms with Gasteiger partial charge in [0.05, 0.1) is 38.7 Å². The topological polar surface area (TPSA) is 63.9 Å². The number of rotatable bonds is 7. The van der Waals surface area contributed by atoms with Crippen LogP contribution in [-0.4, -0.2) is 66.4 Å². The summed E-state index contributed by atoms with van der Waals surface area (Å²) in [5.74, 6) is 0.665. The highest BCUT2D eigenvalue weighted by molar-refractivity contribution is 6.12. The molecule has 0 radical (unpaired) electrons. The Morgan fingerprint density at radius 3 is 2.44 bits per heavy atom. The van der Waals surface area contributed by atoms with Crippen molar-refractivity contribution in [3.05, 3.63) is 64.8 Å². The van der Waals surface area contributed by atoms with Gasteiger partial charge in [-0.2, -0.15) is 0 Å². The van der Waals surface area contributed by atoms with Crippen LogP contribution in [0.1, 0.15) is 27.2 Å². The van der Waals surface area contributed by atoms with E-state index in [1.165, 1.54) is 0 Å². The summed E-state index contributed by atoms with van der Waals surface area (Å²) in [7, 11) is 1.61. The first-order valence-corrected chi connectivity index (χ1v) is 10.7. The molecular weight excluding hydrogens is 428 g/mol. The number of carbonyl (C=O) groups is 1. The molecule has 1 fully saturated rings. The number of aromatic nitrogens is 1. The quantitative estimate of drug-likeness (QED) is 0.548. The molecule has 1 aromatic heterocycles. The number of fused-ring (bicyclic) bond motifs is 1. The van der Waals surface area contributed by atoms with Crippen LogP contribution in [0.4, 0.5) is 0 Å². The molecule has 172 valence electrons. The molecule has 32 heavy (non-hydrogen) atoms. The Balaban J connectivity index is 0.00000289. The summed E-state index contributed by atoms with van der Waals surface area (Å²) in [5, 5.41) is 11.9. The maximum Gasteiger partial charge on any atom is 0.209 e. The third kappa shape index (κ3) is 4.99. The Kier molecular flexibility index (Phi) is 7.96. The number of aliphatic hydroxyl groups is 1. The summed E-state index contributed by atoms with van der Waals surface area (Å²) in [6, 6.07) is 13.4. The summed E-state index contributed by atoms with van der Waals surface area (Å²) in [6.07, 6.45) is -0.586. The first-order valence-electron chi connectivity index (χ1n) is 10.7. The SMILES string of the molecule is COc1ccc(C(=O)c2c(C)c3cc(C)ccc3n2CC(O)CN2CCOCC2)cc1.Cl. The third-order valence-corrected chi connectivity index (χ3v) is 6.01. The van der Waals surface area contributed by atoms with Gasteiger partial charge >= 0.3 is 0 Å². The number of hydrogen-bond acceptors (Lipinski definition) is 5. The molecular formula is C25H31ClN2O4. The maximum atomic E-state index is 13.5. The van der Waals surface area contributed by atoms with Crippen molar-refractivity contribution in [2.75, 3.05) is 40.0 Å². The molecule has 0 spiro atoms. The van der Waals surface area contributed by atoms with Crippen molar-refractivity contribution in [1.82, 2.24) is 9.47 Å². The minimum absolute atomic E-state index is 0. The van der Waals surface area contributed by atoms with E-state index in [9.17, 15) is 9.90 Å². The molecule has 4 rings (SSSR count). The lowest BCUT2D eigenvalue weighted by Gasteiger charge is -2.29. The number of nitrogens with zero attached hydrogens (tertiary/aromatic N) is 2. The summed E-state index contributed by atoms with van der Waals surface area (Å²) < 4.78 is 12.6. The predicted molar refractivity (Wildman–Crippen MR) is 128 cm³/mol. The molecule has 3 aromatic rings. The minimum Gasteiger partial charge on any atom is -0.497 e. The van der Waals surface area contributed by atoms with Crippen molar-refractivity contribution >= 4 is 29.1 Å². The van der Waals surface area contributed by atoms with E-state index in [2.05, 4.69) is 17.9 Å². The van der Waals surface area contributed by atoms with Gasteiger partial charge in [-0.25, -0.2) is 0 Å². The van der Waals surface area contributed by atoms with E-state index in [-0.39, 0.29) is 18.2 Å². The number of morpholine rings is 1. The molecule has 7 heteroatoms. The van der Waals surface area contributed by atoms with Crippen LogP contribution < -0.4 is 4.74 Å². The van der Waals surface area contributed by atoms with Gasteiger partial charge in [0, 0.05) is 36.1 Å². The van der Waals surface area contributed by atoms with Crippen LogP contribution in [0.15, 0.2) is 42.5 Å². The predicted octanol–water partition coefficient (Wildman–Crippen LogP) is 3.61. The molecule has 1 unspecified atom stereocenters. The van der Waals surface area contributed by atoms with Crippen LogP contribution in [0.2, 0.25) is 0 Å². The summed E-state index contributed by atoms with van der Waals surface area (Å²) in [6.45, 7) is 7.99. The second-order valence-electron chi connectivity index (χ2n) is 8.23. The van der Waals surface area contributed by atoms with Gasteiger partial charge in [0.1, 0.15) is 5.75 Å². The van der Waals surface area contributed by atoms with Crippen molar-refractivity contribution in [3.63, 3.8) is 0 Å². The highest BCUT2D eigenvalue weighted by Crippen LogP contribution is 2.29. The van der Waals surface area contributed by atoms with Gasteiger partial charge in [-0.05, 0) is 55.8 Å². The lowest BCUT2D eigenvalue weighted by molar-refractivity contribution is 0.0117. The fraction of sp³-hybridized carbons (Fsp3) is 0.400. The van der Waals surface area contributed by atoms with Crippen molar-refractivity contribution in [2.24, 2.45) is 0 Å². The van der Waals surface area contributed by atoms with Gasteiger partial charge < -0.3 is 19.1 Å². The molecule has 1 aliphatic rings. The molecule has 6 nitrogen and oxygen atoms in total. The molecule has 0 bridgehead atoms. The Labute approximate surface area is 195 Å². The Bertz CT molecular complexity index is 1070. The fourth-order valence-corrected chi connectivity index (χ4v) is 4.35. The van der Waals surface area contributed by atoms with Gasteiger partial charge in [0.25, 0.3) is 0 Å². The van der Waals surface area contributed by atoms with Gasteiger partial charge in [-0.15, -0.1) is 12.4 Å². The molecule has 0 aliphatic carbocycles. The van der Waals surface area contributed by atoms with Crippen LogP contribution in [0, 0.1) is 13.8 Å². The number of halogens is 1. The molecule has 1 aliphatic heterocycles. The maximum absolute atomic E-state index is 13.5. The standard InChI is InChI=1S/C25H30N2O4.ClH/c1-17-4-9-23-22(14-17)18(2)24(25(29)19-5-7-21(30-3)8-6-19)27(23)16-20(28)15-26-10-12-31-13-11-26;/h4-9,14,20,28H,10-13,15-16H2,1-3H3;1H. The average Bonchev–Trinajstić information content (AvgIpc) is 3.04. The smallest absolute Gasteiger partial charge is 0.209 e. The molecule has 2 aromatic carbocycles. The first-order chi connectivity index (χ1) is 15.0. The van der Waals surface area contributed by atoms with Gasteiger partial charge in [0.15, 0.2) is 0 Å². The highest BCUT2D eigenvalue weighted by Gasteiger charge is 2.24. The van der Waals surface area contributed by atoms with E-state index >= 15 is 0 Å². The Morgan fingerprint density at radius 1 is 1.09 bits per heavy atom. The zero-order valence-electron chi connectivity index (χ0n) is 18.8. The molecule has 1 saturated heterocycles. The fourth-order valence-electron chi connectivity index (χ4n) is 4.35. The lowest BCUT2D eigenvalue weighted by atomic mass is 10.0. The second-order valence-corrected chi connectivity index (χ2v) is 8.23. The van der Waals surface area contributed by atoms with Gasteiger partial charge in [-0.3, -0.25) is 9.69 Å². The molecule has 1 N–H and O–H groups in total. The lowest BCUT2D eigenvalue weighted by Crippen LogP contribution is -2.42. The van der Waals surface area contributed by atoms with Crippen molar-refractivity contribution < 1.29 is 19.4 Å². The number of carbonyl (C=O) groups excluding carboxylic acids is 1. The van der Waals surface area contributed by atoms with E-state index < -0.39 is 6.10 Å². The highest BCUT2D eigenvalue weighted by atomic mass is 35.5. The molecule has 0 saturated carbocycles.